The molecule has 7 heteroatoms. The first-order valence-corrected chi connectivity index (χ1v) is 8.66. The van der Waals surface area contributed by atoms with E-state index in [0.717, 1.165) is 5.56 Å². The van der Waals surface area contributed by atoms with Gasteiger partial charge in [-0.25, -0.2) is 4.99 Å². The lowest BCUT2D eigenvalue weighted by Gasteiger charge is -2.29. The molecule has 3 atom stereocenters. The van der Waals surface area contributed by atoms with Gasteiger partial charge in [0.2, 0.25) is 0 Å². The molecule has 1 aliphatic carbocycles. The van der Waals surface area contributed by atoms with Gasteiger partial charge in [-0.2, -0.15) is 10.5 Å². The molecule has 0 amide bonds. The Morgan fingerprint density at radius 2 is 1.64 bits per heavy atom. The number of para-hydroxylation sites is 1. The number of rotatable bonds is 5. The maximum Gasteiger partial charge on any atom is 0.292 e. The third kappa shape index (κ3) is 1.95. The van der Waals surface area contributed by atoms with Gasteiger partial charge < -0.3 is 19.9 Å². The molecule has 4 rings (SSSR count). The molecule has 1 heterocycles. The van der Waals surface area contributed by atoms with Crippen molar-refractivity contribution in [3.63, 3.8) is 0 Å². The fourth-order valence-electron chi connectivity index (χ4n) is 4.40. The Balaban J connectivity index is 1.79. The molecule has 2 aromatic rings. The first-order chi connectivity index (χ1) is 13.5. The van der Waals surface area contributed by atoms with Crippen molar-refractivity contribution >= 4 is 5.84 Å². The number of methoxy groups -OCH3 is 2. The van der Waals surface area contributed by atoms with E-state index in [-0.39, 0.29) is 5.84 Å². The number of nitrogens with two attached hydrogens (primary N) is 1. The summed E-state index contributed by atoms with van der Waals surface area (Å²) >= 11 is 0. The molecule has 0 saturated heterocycles. The highest BCUT2D eigenvalue weighted by Gasteiger charge is 2.93. The van der Waals surface area contributed by atoms with Crippen molar-refractivity contribution in [3.05, 3.63) is 60.2 Å². The summed E-state index contributed by atoms with van der Waals surface area (Å²) in [6.07, 6.45) is 0. The van der Waals surface area contributed by atoms with Gasteiger partial charge in [0.25, 0.3) is 5.91 Å². The Morgan fingerprint density at radius 1 is 0.964 bits per heavy atom. The second-order valence-electron chi connectivity index (χ2n) is 6.75. The standard InChI is InChI=1S/C21H18N4O3/c1-26-21(27-2)20(13-23)17(19(20,12-22)18(24)25-21)14-7-6-10-16(11-14)28-15-8-4-3-5-9-15/h3-11,17H,1-2H3,(H2,24,25)/t17-,19+,20+/m1/s1. The highest BCUT2D eigenvalue weighted by Crippen LogP contribution is 2.81. The summed E-state index contributed by atoms with van der Waals surface area (Å²) in [5, 5.41) is 20.1. The zero-order chi connectivity index (χ0) is 20.0. The van der Waals surface area contributed by atoms with Crippen LogP contribution in [0.4, 0.5) is 0 Å². The van der Waals surface area contributed by atoms with E-state index < -0.39 is 22.7 Å². The summed E-state index contributed by atoms with van der Waals surface area (Å²) in [5.41, 5.74) is 4.16. The fraction of sp³-hybridized carbons (Fsp3) is 0.286. The zero-order valence-electron chi connectivity index (χ0n) is 15.4. The largest absolute Gasteiger partial charge is 0.457 e. The van der Waals surface area contributed by atoms with Gasteiger partial charge in [-0.1, -0.05) is 30.3 Å². The molecular formula is C21H18N4O3. The van der Waals surface area contributed by atoms with Crippen LogP contribution in [0.5, 0.6) is 11.5 Å². The van der Waals surface area contributed by atoms with E-state index >= 15 is 0 Å². The zero-order valence-corrected chi connectivity index (χ0v) is 15.4. The molecule has 2 aliphatic rings. The van der Waals surface area contributed by atoms with E-state index in [2.05, 4.69) is 17.1 Å². The number of fused-ring (bicyclic) bond motifs is 1. The lowest BCUT2D eigenvalue weighted by Crippen LogP contribution is -2.41. The molecule has 2 N–H and O–H groups in total. The minimum atomic E-state index is -1.64. The van der Waals surface area contributed by atoms with Crippen LogP contribution in [0.15, 0.2) is 59.6 Å². The summed E-state index contributed by atoms with van der Waals surface area (Å²) in [5.74, 6) is -0.885. The highest BCUT2D eigenvalue weighted by atomic mass is 16.7. The minimum Gasteiger partial charge on any atom is -0.457 e. The second kappa shape index (κ2) is 6.07. The Morgan fingerprint density at radius 3 is 2.25 bits per heavy atom. The van der Waals surface area contributed by atoms with E-state index in [4.69, 9.17) is 19.9 Å². The summed E-state index contributed by atoms with van der Waals surface area (Å²) in [7, 11) is 2.77. The van der Waals surface area contributed by atoms with Crippen LogP contribution >= 0.6 is 0 Å². The minimum absolute atomic E-state index is 0.0413. The Bertz CT molecular complexity index is 1040. The van der Waals surface area contributed by atoms with Gasteiger partial charge in [0.15, 0.2) is 5.41 Å². The van der Waals surface area contributed by atoms with Crippen LogP contribution in [0.2, 0.25) is 0 Å². The molecule has 2 aromatic carbocycles. The first kappa shape index (κ1) is 18.0. The van der Waals surface area contributed by atoms with Crippen LogP contribution in [-0.4, -0.2) is 26.0 Å². The van der Waals surface area contributed by atoms with Crippen molar-refractivity contribution < 1.29 is 14.2 Å². The molecule has 0 unspecified atom stereocenters. The number of hydrogen-bond donors (Lipinski definition) is 1. The highest BCUT2D eigenvalue weighted by molar-refractivity contribution is 6.00. The van der Waals surface area contributed by atoms with Crippen LogP contribution in [0, 0.1) is 33.5 Å². The topological polar surface area (TPSA) is 114 Å². The number of nitriles is 2. The fourth-order valence-corrected chi connectivity index (χ4v) is 4.40. The van der Waals surface area contributed by atoms with Gasteiger partial charge in [-0.3, -0.25) is 0 Å². The van der Waals surface area contributed by atoms with Crippen LogP contribution in [0.25, 0.3) is 0 Å². The molecule has 0 aromatic heterocycles. The number of aliphatic imine (C=N–C) groups is 1. The van der Waals surface area contributed by atoms with Gasteiger partial charge >= 0.3 is 0 Å². The van der Waals surface area contributed by atoms with Crippen LogP contribution in [0.3, 0.4) is 0 Å². The van der Waals surface area contributed by atoms with Crippen LogP contribution in [0.1, 0.15) is 11.5 Å². The SMILES string of the molecule is COC1(OC)N=C(N)[C@]2(C#N)[C@@H](c3cccc(Oc4ccccc4)c3)[C@]12C#N. The average molecular weight is 374 g/mol. The summed E-state index contributed by atoms with van der Waals surface area (Å²) < 4.78 is 16.8. The van der Waals surface area contributed by atoms with Crippen molar-refractivity contribution in [1.82, 2.24) is 0 Å². The number of nitrogens with zero attached hydrogens (tertiary/aromatic N) is 3. The summed E-state index contributed by atoms with van der Waals surface area (Å²) in [6.45, 7) is 0. The molecule has 0 bridgehead atoms. The Hall–Kier alpha value is -3.39. The summed E-state index contributed by atoms with van der Waals surface area (Å²) in [4.78, 5) is 4.21. The number of ether oxygens (including phenoxy) is 3. The molecule has 28 heavy (non-hydrogen) atoms. The van der Waals surface area contributed by atoms with Crippen molar-refractivity contribution in [1.29, 1.82) is 10.5 Å². The molecule has 7 nitrogen and oxygen atoms in total. The van der Waals surface area contributed by atoms with E-state index in [1.807, 2.05) is 48.5 Å². The quantitative estimate of drug-likeness (QED) is 0.805. The summed E-state index contributed by atoms with van der Waals surface area (Å²) in [6, 6.07) is 21.1. The van der Waals surface area contributed by atoms with Gasteiger partial charge in [-0.05, 0) is 29.8 Å². The van der Waals surface area contributed by atoms with Crippen LogP contribution < -0.4 is 10.5 Å². The molecule has 1 saturated carbocycles. The van der Waals surface area contributed by atoms with Crippen molar-refractivity contribution in [2.75, 3.05) is 14.2 Å². The third-order valence-electron chi connectivity index (χ3n) is 5.65. The van der Waals surface area contributed by atoms with E-state index in [1.54, 1.807) is 6.07 Å². The number of benzene rings is 2. The van der Waals surface area contributed by atoms with Crippen LogP contribution in [-0.2, 0) is 9.47 Å². The molecule has 1 aliphatic heterocycles. The molecule has 0 spiro atoms. The number of hydrogen-bond acceptors (Lipinski definition) is 7. The van der Waals surface area contributed by atoms with E-state index in [0.29, 0.717) is 11.5 Å². The molecular weight excluding hydrogens is 356 g/mol. The normalized spacial score (nSPS) is 29.1. The van der Waals surface area contributed by atoms with Gasteiger partial charge in [-0.15, -0.1) is 0 Å². The predicted molar refractivity (Wildman–Crippen MR) is 100 cm³/mol. The van der Waals surface area contributed by atoms with Gasteiger partial charge in [0, 0.05) is 20.1 Å². The van der Waals surface area contributed by atoms with Crippen molar-refractivity contribution in [2.24, 2.45) is 21.6 Å². The number of amidine groups is 1. The molecule has 0 radical (unpaired) electrons. The Kier molecular flexibility index (Phi) is 3.90. The lowest BCUT2D eigenvalue weighted by atomic mass is 9.93. The second-order valence-corrected chi connectivity index (χ2v) is 6.75. The van der Waals surface area contributed by atoms with Gasteiger partial charge in [0.1, 0.15) is 22.7 Å². The average Bonchev–Trinajstić information content (AvgIpc) is 3.31. The maximum atomic E-state index is 10.1. The van der Waals surface area contributed by atoms with E-state index in [1.165, 1.54) is 14.2 Å². The van der Waals surface area contributed by atoms with E-state index in [9.17, 15) is 10.5 Å². The smallest absolute Gasteiger partial charge is 0.292 e. The monoisotopic (exact) mass is 374 g/mol. The predicted octanol–water partition coefficient (Wildman–Crippen LogP) is 2.91. The Labute approximate surface area is 162 Å². The first-order valence-electron chi connectivity index (χ1n) is 8.66. The van der Waals surface area contributed by atoms with Gasteiger partial charge in [0.05, 0.1) is 12.1 Å². The third-order valence-corrected chi connectivity index (χ3v) is 5.65. The lowest BCUT2D eigenvalue weighted by molar-refractivity contribution is -0.230. The van der Waals surface area contributed by atoms with Crippen molar-refractivity contribution in [2.45, 2.75) is 11.8 Å². The molecule has 1 fully saturated rings. The van der Waals surface area contributed by atoms with Crippen molar-refractivity contribution in [3.8, 4) is 23.6 Å². The maximum absolute atomic E-state index is 10.1. The molecule has 140 valence electrons.